The van der Waals surface area contributed by atoms with E-state index in [1.165, 1.54) is 0 Å². The summed E-state index contributed by atoms with van der Waals surface area (Å²) in [5.41, 5.74) is 0.906. The number of carbonyl (C=O) groups is 1. The minimum atomic E-state index is -1.50. The number of nitrogens with zero attached hydrogens (tertiary/aromatic N) is 1. The van der Waals surface area contributed by atoms with Crippen LogP contribution in [-0.4, -0.2) is 40.8 Å². The van der Waals surface area contributed by atoms with Crippen LogP contribution in [0.25, 0.3) is 6.08 Å². The van der Waals surface area contributed by atoms with Gasteiger partial charge in [0, 0.05) is 25.0 Å². The molecular weight excluding hydrogens is 430 g/mol. The molecule has 0 aromatic heterocycles. The van der Waals surface area contributed by atoms with E-state index < -0.39 is 17.6 Å². The first-order valence-corrected chi connectivity index (χ1v) is 11.2. The average molecular weight is 458 g/mol. The van der Waals surface area contributed by atoms with Gasteiger partial charge in [-0.25, -0.2) is 9.79 Å². The Morgan fingerprint density at radius 1 is 1.00 bits per heavy atom. The lowest BCUT2D eigenvalue weighted by Gasteiger charge is -2.26. The number of aliphatic hydroxyl groups is 1. The zero-order valence-electron chi connectivity index (χ0n) is 18.7. The van der Waals surface area contributed by atoms with Crippen LogP contribution in [0.3, 0.4) is 0 Å². The average Bonchev–Trinajstić information content (AvgIpc) is 3.27. The highest BCUT2D eigenvalue weighted by molar-refractivity contribution is 5.99. The van der Waals surface area contributed by atoms with Crippen LogP contribution in [0.5, 0.6) is 5.75 Å². The molecule has 2 atom stereocenters. The van der Waals surface area contributed by atoms with E-state index in [0.717, 1.165) is 11.1 Å². The molecule has 0 bridgehead atoms. The maximum absolute atomic E-state index is 12.7. The first-order chi connectivity index (χ1) is 16.6. The molecule has 0 saturated carbocycles. The van der Waals surface area contributed by atoms with Crippen LogP contribution in [0.4, 0.5) is 0 Å². The van der Waals surface area contributed by atoms with Crippen LogP contribution in [0, 0.1) is 0 Å². The highest BCUT2D eigenvalue weighted by atomic mass is 16.5. The molecule has 4 rings (SSSR count). The lowest BCUT2D eigenvalue weighted by molar-refractivity contribution is -0.146. The van der Waals surface area contributed by atoms with Crippen LogP contribution in [0.2, 0.25) is 0 Å². The topological polar surface area (TPSA) is 88.4 Å². The summed E-state index contributed by atoms with van der Waals surface area (Å²) in [6.45, 7) is 0.485. The second kappa shape index (κ2) is 10.8. The molecule has 0 amide bonds. The van der Waals surface area contributed by atoms with Gasteiger partial charge in [-0.3, -0.25) is 0 Å². The molecule has 1 aliphatic heterocycles. The smallest absolute Gasteiger partial charge is 0.336 e. The number of carboxylic acid groups (broad SMARTS) is 1. The fourth-order valence-corrected chi connectivity index (χ4v) is 3.87. The van der Waals surface area contributed by atoms with Crippen molar-refractivity contribution in [2.24, 2.45) is 4.99 Å². The van der Waals surface area contributed by atoms with Crippen molar-refractivity contribution in [3.63, 3.8) is 0 Å². The fourth-order valence-electron chi connectivity index (χ4n) is 3.87. The molecule has 1 aliphatic rings. The predicted molar refractivity (Wildman–Crippen MR) is 131 cm³/mol. The summed E-state index contributed by atoms with van der Waals surface area (Å²) in [5, 5.41) is 19.3. The van der Waals surface area contributed by atoms with Crippen LogP contribution in [0.1, 0.15) is 35.6 Å². The third kappa shape index (κ3) is 5.18. The number of rotatable bonds is 10. The quantitative estimate of drug-likeness (QED) is 0.423. The molecular formula is C28H27NO5. The summed E-state index contributed by atoms with van der Waals surface area (Å²) in [7, 11) is 0. The molecule has 6 nitrogen and oxygen atoms in total. The van der Waals surface area contributed by atoms with Crippen LogP contribution in [0.15, 0.2) is 96.0 Å². The van der Waals surface area contributed by atoms with Gasteiger partial charge in [0.1, 0.15) is 5.75 Å². The molecule has 3 aromatic rings. The van der Waals surface area contributed by atoms with E-state index in [-0.39, 0.29) is 18.9 Å². The van der Waals surface area contributed by atoms with Crippen LogP contribution < -0.4 is 4.74 Å². The molecule has 2 N–H and O–H groups in total. The third-order valence-electron chi connectivity index (χ3n) is 5.65. The van der Waals surface area contributed by atoms with E-state index in [2.05, 4.69) is 4.99 Å². The van der Waals surface area contributed by atoms with Crippen molar-refractivity contribution in [1.29, 1.82) is 0 Å². The summed E-state index contributed by atoms with van der Waals surface area (Å²) < 4.78 is 11.8. The monoisotopic (exact) mass is 457 g/mol. The first kappa shape index (κ1) is 23.3. The van der Waals surface area contributed by atoms with Gasteiger partial charge in [-0.05, 0) is 35.4 Å². The Balaban J connectivity index is 1.65. The Bertz CT molecular complexity index is 1140. The lowest BCUT2D eigenvalue weighted by atomic mass is 9.85. The van der Waals surface area contributed by atoms with Gasteiger partial charge in [0.05, 0.1) is 6.61 Å². The summed E-state index contributed by atoms with van der Waals surface area (Å²) in [4.78, 5) is 17.3. The van der Waals surface area contributed by atoms with Gasteiger partial charge in [0.25, 0.3) is 0 Å². The zero-order chi connectivity index (χ0) is 23.8. The number of benzene rings is 3. The number of aliphatic imine (C=N–C) groups is 1. The number of hydrogen-bond donors (Lipinski definition) is 2. The second-order valence-corrected chi connectivity index (χ2v) is 8.02. The minimum Gasteiger partial charge on any atom is -0.494 e. The Morgan fingerprint density at radius 3 is 2.32 bits per heavy atom. The largest absolute Gasteiger partial charge is 0.494 e. The molecule has 1 heterocycles. The molecule has 0 spiro atoms. The first-order valence-electron chi connectivity index (χ1n) is 11.2. The minimum absolute atomic E-state index is 0.0690. The highest BCUT2D eigenvalue weighted by Crippen LogP contribution is 2.42. The van der Waals surface area contributed by atoms with Gasteiger partial charge in [-0.1, -0.05) is 72.8 Å². The van der Waals surface area contributed by atoms with Gasteiger partial charge in [-0.2, -0.15) is 0 Å². The van der Waals surface area contributed by atoms with Crippen molar-refractivity contribution < 1.29 is 24.5 Å². The number of carboxylic acids is 1. The standard InChI is InChI=1S/C28H27NO5/c30-19-8-20-33-24-16-14-23(15-17-24)26-29-28(27(31)32,18-7-11-21-9-3-1-4-10-21)25(34-26)22-12-5-2-6-13-22/h1-7,9-17,25,30H,8,18-20H2,(H,31,32)/b11-7+/t25-,28-/m1/s1. The molecule has 0 unspecified atom stereocenters. The maximum atomic E-state index is 12.7. The molecule has 6 heteroatoms. The van der Waals surface area contributed by atoms with Crippen molar-refractivity contribution in [3.05, 3.63) is 108 Å². The Labute approximate surface area is 198 Å². The molecule has 0 radical (unpaired) electrons. The number of hydrogen-bond acceptors (Lipinski definition) is 5. The van der Waals surface area contributed by atoms with Crippen molar-refractivity contribution >= 4 is 17.9 Å². The van der Waals surface area contributed by atoms with Crippen molar-refractivity contribution in [1.82, 2.24) is 0 Å². The van der Waals surface area contributed by atoms with Crippen molar-refractivity contribution in [2.45, 2.75) is 24.5 Å². The van der Waals surface area contributed by atoms with E-state index in [0.29, 0.717) is 24.3 Å². The molecule has 3 aromatic carbocycles. The summed E-state index contributed by atoms with van der Waals surface area (Å²) in [6.07, 6.45) is 3.69. The Kier molecular flexibility index (Phi) is 7.40. The van der Waals surface area contributed by atoms with Crippen molar-refractivity contribution in [3.8, 4) is 5.75 Å². The van der Waals surface area contributed by atoms with E-state index >= 15 is 0 Å². The Hall–Kier alpha value is -3.90. The fraction of sp³-hybridized carbons (Fsp3) is 0.214. The molecule has 34 heavy (non-hydrogen) atoms. The zero-order valence-corrected chi connectivity index (χ0v) is 18.7. The van der Waals surface area contributed by atoms with Gasteiger partial charge >= 0.3 is 5.97 Å². The van der Waals surface area contributed by atoms with E-state index in [4.69, 9.17) is 14.6 Å². The molecule has 0 aliphatic carbocycles. The Morgan fingerprint density at radius 2 is 1.68 bits per heavy atom. The van der Waals surface area contributed by atoms with Crippen LogP contribution in [-0.2, 0) is 9.53 Å². The second-order valence-electron chi connectivity index (χ2n) is 8.02. The summed E-state index contributed by atoms with van der Waals surface area (Å²) in [5.74, 6) is -0.102. The predicted octanol–water partition coefficient (Wildman–Crippen LogP) is 4.89. The lowest BCUT2D eigenvalue weighted by Crippen LogP contribution is -2.40. The van der Waals surface area contributed by atoms with Gasteiger partial charge in [0.2, 0.25) is 11.4 Å². The van der Waals surface area contributed by atoms with Gasteiger partial charge in [-0.15, -0.1) is 0 Å². The van der Waals surface area contributed by atoms with Gasteiger partial charge in [0.15, 0.2) is 6.10 Å². The highest BCUT2D eigenvalue weighted by Gasteiger charge is 2.52. The maximum Gasteiger partial charge on any atom is 0.336 e. The van der Waals surface area contributed by atoms with E-state index in [1.807, 2.05) is 72.8 Å². The van der Waals surface area contributed by atoms with E-state index in [9.17, 15) is 9.90 Å². The molecule has 174 valence electrons. The number of aliphatic hydroxyl groups excluding tert-OH is 1. The molecule has 0 fully saturated rings. The number of aliphatic carboxylic acids is 1. The SMILES string of the molecule is O=C(O)[C@]1(C/C=C/c2ccccc2)N=C(c2ccc(OCCCO)cc2)O[C@@H]1c1ccccc1. The number of ether oxygens (including phenoxy) is 2. The third-order valence-corrected chi connectivity index (χ3v) is 5.65. The summed E-state index contributed by atoms with van der Waals surface area (Å²) >= 11 is 0. The normalized spacial score (nSPS) is 19.6. The van der Waals surface area contributed by atoms with Crippen molar-refractivity contribution in [2.75, 3.05) is 13.2 Å². The summed E-state index contributed by atoms with van der Waals surface area (Å²) in [6, 6.07) is 26.2. The van der Waals surface area contributed by atoms with E-state index in [1.54, 1.807) is 24.3 Å². The molecule has 0 saturated heterocycles. The van der Waals surface area contributed by atoms with Gasteiger partial charge < -0.3 is 19.7 Å². The van der Waals surface area contributed by atoms with Crippen LogP contribution >= 0.6 is 0 Å².